The van der Waals surface area contributed by atoms with E-state index in [2.05, 4.69) is 10.3 Å². The van der Waals surface area contributed by atoms with E-state index in [0.717, 1.165) is 5.69 Å². The number of carbonyl (C=O) groups is 1. The third-order valence-corrected chi connectivity index (χ3v) is 1.56. The van der Waals surface area contributed by atoms with Gasteiger partial charge in [0.15, 0.2) is 0 Å². The predicted molar refractivity (Wildman–Crippen MR) is 49.8 cm³/mol. The SMILES string of the molecule is COc1ccc(NC(C)=O)nc1C. The highest BCUT2D eigenvalue weighted by molar-refractivity contribution is 5.87. The molecule has 0 aliphatic heterocycles. The fourth-order valence-electron chi connectivity index (χ4n) is 1.01. The Bertz CT molecular complexity index is 323. The molecule has 0 unspecified atom stereocenters. The van der Waals surface area contributed by atoms with E-state index in [1.807, 2.05) is 6.92 Å². The molecular weight excluding hydrogens is 168 g/mol. The second-order valence-electron chi connectivity index (χ2n) is 2.67. The van der Waals surface area contributed by atoms with Crippen molar-refractivity contribution in [2.24, 2.45) is 0 Å². The number of pyridine rings is 1. The molecule has 0 saturated carbocycles. The molecule has 0 aliphatic rings. The Labute approximate surface area is 76.9 Å². The van der Waals surface area contributed by atoms with Crippen molar-refractivity contribution in [1.29, 1.82) is 0 Å². The van der Waals surface area contributed by atoms with Crippen molar-refractivity contribution in [3.8, 4) is 5.75 Å². The van der Waals surface area contributed by atoms with Gasteiger partial charge in [-0.25, -0.2) is 4.98 Å². The van der Waals surface area contributed by atoms with Crippen LogP contribution in [0.25, 0.3) is 0 Å². The highest BCUT2D eigenvalue weighted by atomic mass is 16.5. The minimum Gasteiger partial charge on any atom is -0.495 e. The summed E-state index contributed by atoms with van der Waals surface area (Å²) in [6.45, 7) is 3.27. The molecule has 70 valence electrons. The number of amides is 1. The lowest BCUT2D eigenvalue weighted by Crippen LogP contribution is -2.07. The van der Waals surface area contributed by atoms with Crippen LogP contribution in [0.5, 0.6) is 5.75 Å². The van der Waals surface area contributed by atoms with Gasteiger partial charge in [0.2, 0.25) is 5.91 Å². The van der Waals surface area contributed by atoms with Crippen molar-refractivity contribution < 1.29 is 9.53 Å². The molecule has 1 rings (SSSR count). The third-order valence-electron chi connectivity index (χ3n) is 1.56. The summed E-state index contributed by atoms with van der Waals surface area (Å²) in [4.78, 5) is 14.8. The molecule has 1 N–H and O–H groups in total. The van der Waals surface area contributed by atoms with Crippen LogP contribution in [-0.2, 0) is 4.79 Å². The summed E-state index contributed by atoms with van der Waals surface area (Å²) in [7, 11) is 1.59. The minimum absolute atomic E-state index is 0.128. The number of hydrogen-bond donors (Lipinski definition) is 1. The van der Waals surface area contributed by atoms with Crippen molar-refractivity contribution in [1.82, 2.24) is 4.98 Å². The molecule has 0 spiro atoms. The Kier molecular flexibility index (Phi) is 2.84. The Hall–Kier alpha value is -1.58. The van der Waals surface area contributed by atoms with E-state index in [0.29, 0.717) is 11.6 Å². The number of rotatable bonds is 2. The van der Waals surface area contributed by atoms with E-state index in [1.54, 1.807) is 19.2 Å². The Morgan fingerprint density at radius 3 is 2.69 bits per heavy atom. The zero-order valence-corrected chi connectivity index (χ0v) is 7.92. The molecule has 4 heteroatoms. The van der Waals surface area contributed by atoms with Crippen molar-refractivity contribution in [3.05, 3.63) is 17.8 Å². The lowest BCUT2D eigenvalue weighted by molar-refractivity contribution is -0.114. The lowest BCUT2D eigenvalue weighted by Gasteiger charge is -2.05. The van der Waals surface area contributed by atoms with E-state index in [-0.39, 0.29) is 5.91 Å². The van der Waals surface area contributed by atoms with Crippen molar-refractivity contribution in [2.75, 3.05) is 12.4 Å². The van der Waals surface area contributed by atoms with Gasteiger partial charge in [0.25, 0.3) is 0 Å². The topological polar surface area (TPSA) is 51.2 Å². The number of carbonyl (C=O) groups excluding carboxylic acids is 1. The summed E-state index contributed by atoms with van der Waals surface area (Å²) in [6.07, 6.45) is 0. The van der Waals surface area contributed by atoms with Gasteiger partial charge >= 0.3 is 0 Å². The Morgan fingerprint density at radius 1 is 1.54 bits per heavy atom. The van der Waals surface area contributed by atoms with Gasteiger partial charge in [-0.3, -0.25) is 4.79 Å². The number of nitrogens with zero attached hydrogens (tertiary/aromatic N) is 1. The quantitative estimate of drug-likeness (QED) is 0.747. The molecule has 4 nitrogen and oxygen atoms in total. The minimum atomic E-state index is -0.128. The zero-order chi connectivity index (χ0) is 9.84. The number of anilines is 1. The van der Waals surface area contributed by atoms with E-state index in [9.17, 15) is 4.79 Å². The van der Waals surface area contributed by atoms with Crippen LogP contribution in [-0.4, -0.2) is 18.0 Å². The van der Waals surface area contributed by atoms with E-state index >= 15 is 0 Å². The fourth-order valence-corrected chi connectivity index (χ4v) is 1.01. The van der Waals surface area contributed by atoms with Gasteiger partial charge in [0, 0.05) is 6.92 Å². The lowest BCUT2D eigenvalue weighted by atomic mass is 10.3. The van der Waals surface area contributed by atoms with Crippen molar-refractivity contribution in [3.63, 3.8) is 0 Å². The summed E-state index contributed by atoms with van der Waals surface area (Å²) in [5, 5.41) is 2.59. The number of aromatic nitrogens is 1. The van der Waals surface area contributed by atoms with Crippen LogP contribution in [0.4, 0.5) is 5.82 Å². The zero-order valence-electron chi connectivity index (χ0n) is 7.92. The van der Waals surface area contributed by atoms with E-state index in [1.165, 1.54) is 6.92 Å². The summed E-state index contributed by atoms with van der Waals surface area (Å²) >= 11 is 0. The first kappa shape index (κ1) is 9.51. The molecule has 0 bridgehead atoms. The van der Waals surface area contributed by atoms with Crippen molar-refractivity contribution in [2.45, 2.75) is 13.8 Å². The molecule has 0 fully saturated rings. The fraction of sp³-hybridized carbons (Fsp3) is 0.333. The van der Waals surface area contributed by atoms with Gasteiger partial charge in [-0.15, -0.1) is 0 Å². The standard InChI is InChI=1S/C9H12N2O2/c1-6-8(13-3)4-5-9(10-6)11-7(2)12/h4-5H,1-3H3,(H,10,11,12). The van der Waals surface area contributed by atoms with Crippen molar-refractivity contribution >= 4 is 11.7 Å². The summed E-state index contributed by atoms with van der Waals surface area (Å²) < 4.78 is 5.03. The molecule has 1 aromatic heterocycles. The first-order valence-electron chi connectivity index (χ1n) is 3.92. The molecular formula is C9H12N2O2. The van der Waals surface area contributed by atoms with Crippen LogP contribution in [0.15, 0.2) is 12.1 Å². The maximum Gasteiger partial charge on any atom is 0.222 e. The predicted octanol–water partition coefficient (Wildman–Crippen LogP) is 1.36. The first-order chi connectivity index (χ1) is 6.13. The van der Waals surface area contributed by atoms with Gasteiger partial charge in [-0.2, -0.15) is 0 Å². The molecule has 0 saturated heterocycles. The molecule has 1 amide bonds. The second kappa shape index (κ2) is 3.89. The van der Waals surface area contributed by atoms with Crippen LogP contribution in [0.2, 0.25) is 0 Å². The number of methoxy groups -OCH3 is 1. The number of nitrogens with one attached hydrogen (secondary N) is 1. The Morgan fingerprint density at radius 2 is 2.23 bits per heavy atom. The monoisotopic (exact) mass is 180 g/mol. The average molecular weight is 180 g/mol. The number of ether oxygens (including phenoxy) is 1. The van der Waals surface area contributed by atoms with Crippen LogP contribution < -0.4 is 10.1 Å². The Balaban J connectivity index is 2.89. The molecule has 13 heavy (non-hydrogen) atoms. The maximum absolute atomic E-state index is 10.7. The van der Waals surface area contributed by atoms with Crippen LogP contribution in [0.3, 0.4) is 0 Å². The van der Waals surface area contributed by atoms with Gasteiger partial charge in [-0.05, 0) is 19.1 Å². The van der Waals surface area contributed by atoms with Gasteiger partial charge in [0.1, 0.15) is 11.6 Å². The third kappa shape index (κ3) is 2.43. The van der Waals surface area contributed by atoms with Gasteiger partial charge in [0.05, 0.1) is 12.8 Å². The maximum atomic E-state index is 10.7. The first-order valence-corrected chi connectivity index (χ1v) is 3.92. The highest BCUT2D eigenvalue weighted by Gasteiger charge is 2.01. The summed E-state index contributed by atoms with van der Waals surface area (Å²) in [5.41, 5.74) is 0.758. The van der Waals surface area contributed by atoms with Gasteiger partial charge < -0.3 is 10.1 Å². The highest BCUT2D eigenvalue weighted by Crippen LogP contribution is 2.17. The molecule has 1 heterocycles. The number of hydrogen-bond acceptors (Lipinski definition) is 3. The summed E-state index contributed by atoms with van der Waals surface area (Å²) in [6, 6.07) is 3.47. The summed E-state index contributed by atoms with van der Waals surface area (Å²) in [5.74, 6) is 1.14. The molecule has 1 aromatic rings. The van der Waals surface area contributed by atoms with Gasteiger partial charge in [-0.1, -0.05) is 0 Å². The largest absolute Gasteiger partial charge is 0.495 e. The molecule has 0 aliphatic carbocycles. The number of aryl methyl sites for hydroxylation is 1. The molecule has 0 aromatic carbocycles. The van der Waals surface area contributed by atoms with E-state index in [4.69, 9.17) is 4.74 Å². The normalized spacial score (nSPS) is 9.46. The molecule has 0 radical (unpaired) electrons. The average Bonchev–Trinajstić information content (AvgIpc) is 2.03. The smallest absolute Gasteiger partial charge is 0.222 e. The second-order valence-corrected chi connectivity index (χ2v) is 2.67. The van der Waals surface area contributed by atoms with Crippen LogP contribution in [0, 0.1) is 6.92 Å². The van der Waals surface area contributed by atoms with Crippen LogP contribution >= 0.6 is 0 Å². The molecule has 0 atom stereocenters. The van der Waals surface area contributed by atoms with Crippen LogP contribution in [0.1, 0.15) is 12.6 Å². The van der Waals surface area contributed by atoms with E-state index < -0.39 is 0 Å².